The summed E-state index contributed by atoms with van der Waals surface area (Å²) in [6, 6.07) is 3.21. The molecule has 0 fully saturated rings. The van der Waals surface area contributed by atoms with E-state index in [0.29, 0.717) is 29.9 Å². The van der Waals surface area contributed by atoms with Crippen molar-refractivity contribution in [3.05, 3.63) is 73.7 Å². The Hall–Kier alpha value is -3.34. The van der Waals surface area contributed by atoms with E-state index in [1.165, 1.54) is 24.0 Å². The minimum atomic E-state index is -2.85. The van der Waals surface area contributed by atoms with Gasteiger partial charge in [-0.3, -0.25) is 14.3 Å². The Balaban J connectivity index is 1.74. The van der Waals surface area contributed by atoms with Crippen molar-refractivity contribution in [2.75, 3.05) is 18.5 Å². The van der Waals surface area contributed by atoms with Crippen molar-refractivity contribution in [1.29, 1.82) is 0 Å². The molecule has 0 bridgehead atoms. The van der Waals surface area contributed by atoms with Crippen molar-refractivity contribution in [1.82, 2.24) is 25.3 Å². The Morgan fingerprint density at radius 1 is 1.38 bits per heavy atom. The third-order valence-electron chi connectivity index (χ3n) is 5.36. The first-order chi connectivity index (χ1) is 15.3. The predicted octanol–water partition coefficient (Wildman–Crippen LogP) is 2.67. The van der Waals surface area contributed by atoms with Crippen LogP contribution >= 0.6 is 11.6 Å². The number of halogens is 4. The van der Waals surface area contributed by atoms with Gasteiger partial charge in [0, 0.05) is 43.4 Å². The minimum absolute atomic E-state index is 0.0229. The summed E-state index contributed by atoms with van der Waals surface area (Å²) in [4.78, 5) is 26.1. The number of H-pyrrole nitrogens is 1. The number of benzene rings is 1. The first kappa shape index (κ1) is 21.9. The standard InChI is InChI=1S/C20H18ClF3N6O2/c1-25-20(32)17-13-9-29(15-7-26-27-19(31)16(15)21)5-4-14(13)30(28-17)8-10-2-3-11(22)6-12(10)18(23)24/h2-3,6-7,18H,4-5,8-9H2,1H3,(H,25,32)(H,27,31). The maximum atomic E-state index is 13.5. The zero-order valence-corrected chi connectivity index (χ0v) is 17.6. The van der Waals surface area contributed by atoms with E-state index in [1.54, 1.807) is 4.90 Å². The number of nitrogens with one attached hydrogen (secondary N) is 2. The fraction of sp³-hybridized carbons (Fsp3) is 0.300. The molecule has 1 aliphatic heterocycles. The molecular weight excluding hydrogens is 449 g/mol. The summed E-state index contributed by atoms with van der Waals surface area (Å²) in [5.74, 6) is -1.19. The lowest BCUT2D eigenvalue weighted by Crippen LogP contribution is -2.33. The number of carbonyl (C=O) groups is 1. The molecule has 0 atom stereocenters. The van der Waals surface area contributed by atoms with Crippen molar-refractivity contribution in [2.45, 2.75) is 25.9 Å². The van der Waals surface area contributed by atoms with E-state index in [9.17, 15) is 22.8 Å². The van der Waals surface area contributed by atoms with E-state index in [-0.39, 0.29) is 29.4 Å². The molecule has 2 aromatic heterocycles. The molecule has 8 nitrogen and oxygen atoms in total. The summed E-state index contributed by atoms with van der Waals surface area (Å²) in [6.07, 6.45) is -1.02. The summed E-state index contributed by atoms with van der Waals surface area (Å²) in [7, 11) is 1.46. The van der Waals surface area contributed by atoms with Gasteiger partial charge in [-0.05, 0) is 17.7 Å². The quantitative estimate of drug-likeness (QED) is 0.602. The molecule has 0 radical (unpaired) electrons. The summed E-state index contributed by atoms with van der Waals surface area (Å²) in [6.45, 7) is 0.600. The third kappa shape index (κ3) is 3.95. The minimum Gasteiger partial charge on any atom is -0.364 e. The number of alkyl halides is 2. The Kier molecular flexibility index (Phi) is 5.92. The lowest BCUT2D eigenvalue weighted by molar-refractivity contribution is 0.0956. The van der Waals surface area contributed by atoms with Crippen LogP contribution in [0.1, 0.15) is 39.3 Å². The number of rotatable bonds is 5. The molecule has 0 saturated heterocycles. The Labute approximate surface area is 185 Å². The summed E-state index contributed by atoms with van der Waals surface area (Å²) in [5.41, 5.74) is 1.09. The molecule has 1 amide bonds. The number of fused-ring (bicyclic) bond motifs is 1. The van der Waals surface area contributed by atoms with Gasteiger partial charge in [0.15, 0.2) is 5.69 Å². The fourth-order valence-electron chi connectivity index (χ4n) is 3.80. The number of amides is 1. The van der Waals surface area contributed by atoms with Crippen molar-refractivity contribution in [3.8, 4) is 0 Å². The van der Waals surface area contributed by atoms with Crippen LogP contribution in [0, 0.1) is 5.82 Å². The van der Waals surface area contributed by atoms with Crippen LogP contribution in [0.2, 0.25) is 5.02 Å². The number of aromatic nitrogens is 4. The van der Waals surface area contributed by atoms with E-state index in [0.717, 1.165) is 12.1 Å². The van der Waals surface area contributed by atoms with Crippen LogP contribution in [-0.4, -0.2) is 39.5 Å². The molecule has 0 unspecified atom stereocenters. The zero-order valence-electron chi connectivity index (χ0n) is 16.8. The number of anilines is 1. The summed E-state index contributed by atoms with van der Waals surface area (Å²) in [5, 5.41) is 12.9. The van der Waals surface area contributed by atoms with Crippen molar-refractivity contribution in [2.24, 2.45) is 0 Å². The van der Waals surface area contributed by atoms with Crippen LogP contribution in [0.25, 0.3) is 0 Å². The first-order valence-electron chi connectivity index (χ1n) is 9.65. The van der Waals surface area contributed by atoms with Crippen LogP contribution in [0.5, 0.6) is 0 Å². The average molecular weight is 467 g/mol. The van der Waals surface area contributed by atoms with Gasteiger partial charge in [-0.2, -0.15) is 10.2 Å². The molecule has 4 rings (SSSR count). The normalized spacial score (nSPS) is 13.4. The number of aromatic amines is 1. The number of nitrogens with zero attached hydrogens (tertiary/aromatic N) is 4. The lowest BCUT2D eigenvalue weighted by Gasteiger charge is -2.29. The Morgan fingerprint density at radius 2 is 2.16 bits per heavy atom. The first-order valence-corrected chi connectivity index (χ1v) is 10.0. The summed E-state index contributed by atoms with van der Waals surface area (Å²) < 4.78 is 41.8. The van der Waals surface area contributed by atoms with Gasteiger partial charge in [0.2, 0.25) is 0 Å². The molecule has 0 spiro atoms. The third-order valence-corrected chi connectivity index (χ3v) is 5.72. The molecule has 3 heterocycles. The molecule has 1 aliphatic rings. The van der Waals surface area contributed by atoms with Gasteiger partial charge in [0.1, 0.15) is 10.8 Å². The average Bonchev–Trinajstić information content (AvgIpc) is 3.13. The largest absolute Gasteiger partial charge is 0.364 e. The molecule has 0 saturated carbocycles. The highest BCUT2D eigenvalue weighted by Gasteiger charge is 2.29. The Morgan fingerprint density at radius 3 is 2.88 bits per heavy atom. The highest BCUT2D eigenvalue weighted by Crippen LogP contribution is 2.31. The van der Waals surface area contributed by atoms with Gasteiger partial charge in [0.05, 0.1) is 18.4 Å². The van der Waals surface area contributed by atoms with Crippen LogP contribution in [0.4, 0.5) is 18.9 Å². The maximum Gasteiger partial charge on any atom is 0.285 e. The van der Waals surface area contributed by atoms with Gasteiger partial charge in [-0.25, -0.2) is 18.3 Å². The van der Waals surface area contributed by atoms with E-state index in [2.05, 4.69) is 20.6 Å². The smallest absolute Gasteiger partial charge is 0.285 e. The number of hydrogen-bond acceptors (Lipinski definition) is 5. The molecule has 12 heteroatoms. The monoisotopic (exact) mass is 466 g/mol. The number of hydrogen-bond donors (Lipinski definition) is 2. The molecule has 2 N–H and O–H groups in total. The van der Waals surface area contributed by atoms with E-state index >= 15 is 0 Å². The summed E-state index contributed by atoms with van der Waals surface area (Å²) >= 11 is 6.13. The van der Waals surface area contributed by atoms with Crippen molar-refractivity contribution >= 4 is 23.2 Å². The molecule has 168 valence electrons. The number of carbonyl (C=O) groups excluding carboxylic acids is 1. The molecule has 32 heavy (non-hydrogen) atoms. The molecule has 0 aliphatic carbocycles. The maximum absolute atomic E-state index is 13.5. The van der Waals surface area contributed by atoms with Gasteiger partial charge >= 0.3 is 0 Å². The predicted molar refractivity (Wildman–Crippen MR) is 111 cm³/mol. The zero-order chi connectivity index (χ0) is 23.0. The molecule has 3 aromatic rings. The molecular formula is C20H18ClF3N6O2. The van der Waals surface area contributed by atoms with Crippen LogP contribution in [-0.2, 0) is 19.5 Å². The van der Waals surface area contributed by atoms with E-state index in [4.69, 9.17) is 11.6 Å². The fourth-order valence-corrected chi connectivity index (χ4v) is 4.01. The SMILES string of the molecule is CNC(=O)c1nn(Cc2ccc(F)cc2C(F)F)c2c1CN(c1cn[nH]c(=O)c1Cl)CC2. The van der Waals surface area contributed by atoms with Gasteiger partial charge in [-0.15, -0.1) is 0 Å². The second-order valence-electron chi connectivity index (χ2n) is 7.22. The second-order valence-corrected chi connectivity index (χ2v) is 7.60. The highest BCUT2D eigenvalue weighted by atomic mass is 35.5. The highest BCUT2D eigenvalue weighted by molar-refractivity contribution is 6.33. The van der Waals surface area contributed by atoms with Gasteiger partial charge < -0.3 is 10.2 Å². The van der Waals surface area contributed by atoms with Crippen molar-refractivity contribution < 1.29 is 18.0 Å². The van der Waals surface area contributed by atoms with Crippen LogP contribution < -0.4 is 15.8 Å². The van der Waals surface area contributed by atoms with Crippen LogP contribution in [0.15, 0.2) is 29.2 Å². The Bertz CT molecular complexity index is 1240. The van der Waals surface area contributed by atoms with E-state index in [1.807, 2.05) is 0 Å². The van der Waals surface area contributed by atoms with Crippen molar-refractivity contribution in [3.63, 3.8) is 0 Å². The lowest BCUT2D eigenvalue weighted by atomic mass is 10.0. The van der Waals surface area contributed by atoms with Crippen LogP contribution in [0.3, 0.4) is 0 Å². The topological polar surface area (TPSA) is 95.9 Å². The van der Waals surface area contributed by atoms with Gasteiger partial charge in [0.25, 0.3) is 17.9 Å². The molecule has 1 aromatic carbocycles. The van der Waals surface area contributed by atoms with Gasteiger partial charge in [-0.1, -0.05) is 17.7 Å². The second kappa shape index (κ2) is 8.65. The van der Waals surface area contributed by atoms with E-state index < -0.39 is 29.3 Å².